The average Bonchev–Trinajstić information content (AvgIpc) is 1.26. The first-order valence-corrected chi connectivity index (χ1v) is 36.1. The van der Waals surface area contributed by atoms with Crippen LogP contribution in [0.15, 0.2) is 91.0 Å². The third kappa shape index (κ3) is 55.0. The van der Waals surface area contributed by atoms with Crippen LogP contribution in [-0.4, -0.2) is 336 Å². The van der Waals surface area contributed by atoms with Crippen LogP contribution in [0.4, 0.5) is 17.1 Å². The molecule has 1 saturated carbocycles. The smallest absolute Gasteiger partial charge is 0.219 e. The van der Waals surface area contributed by atoms with Gasteiger partial charge >= 0.3 is 0 Å². The van der Waals surface area contributed by atoms with Gasteiger partial charge in [0.25, 0.3) is 0 Å². The zero-order valence-electron chi connectivity index (χ0n) is 63.4. The fourth-order valence-electron chi connectivity index (χ4n) is 10.6. The molecule has 7 rings (SSSR count). The molecule has 1 amide bonds. The molecular weight excluding hydrogens is 1220 g/mol. The number of carbonyl (C=O) groups excluding carboxylic acids is 1. The van der Waals surface area contributed by atoms with Crippen molar-refractivity contribution in [2.45, 2.75) is 76.8 Å². The summed E-state index contributed by atoms with van der Waals surface area (Å²) in [6.45, 7) is 30.3. The molecular formula is C74H148N20O3. The Labute approximate surface area is 593 Å². The molecule has 4 aliphatic rings. The topological polar surface area (TPSA) is 291 Å². The lowest BCUT2D eigenvalue weighted by atomic mass is 9.89. The van der Waals surface area contributed by atoms with Crippen molar-refractivity contribution in [3.63, 3.8) is 0 Å². The number of nitrogens with one attached hydrogen (secondary N) is 1. The Morgan fingerprint density at radius 1 is 0.505 bits per heavy atom. The number of ether oxygens (including phenoxy) is 2. The van der Waals surface area contributed by atoms with Gasteiger partial charge in [-0.05, 0) is 150 Å². The van der Waals surface area contributed by atoms with Crippen molar-refractivity contribution in [3.8, 4) is 12.3 Å². The minimum absolute atomic E-state index is 0.108. The van der Waals surface area contributed by atoms with Gasteiger partial charge in [-0.1, -0.05) is 79.8 Å². The first-order valence-electron chi connectivity index (χ1n) is 36.1. The number of morpholine rings is 1. The second kappa shape index (κ2) is 67.4. The number of hydrogen-bond donors (Lipinski definition) is 9. The molecule has 97 heavy (non-hydrogen) atoms. The second-order valence-electron chi connectivity index (χ2n) is 25.5. The number of methoxy groups -OCH3 is 1. The van der Waals surface area contributed by atoms with Crippen molar-refractivity contribution >= 4 is 23.0 Å². The number of benzene rings is 3. The lowest BCUT2D eigenvalue weighted by Gasteiger charge is -2.37. The highest BCUT2D eigenvalue weighted by Gasteiger charge is 2.26. The number of likely N-dealkylation sites (tertiary alicyclic amines) is 2. The molecule has 23 heteroatoms. The van der Waals surface area contributed by atoms with Crippen LogP contribution in [0, 0.1) is 12.3 Å². The van der Waals surface area contributed by atoms with E-state index < -0.39 is 0 Å². The van der Waals surface area contributed by atoms with Crippen LogP contribution in [0.3, 0.4) is 0 Å². The molecule has 0 aromatic heterocycles. The first kappa shape index (κ1) is 94.6. The third-order valence-electron chi connectivity index (χ3n) is 16.5. The highest BCUT2D eigenvalue weighted by Crippen LogP contribution is 2.24. The molecule has 1 aliphatic carbocycles. The highest BCUT2D eigenvalue weighted by molar-refractivity contribution is 5.72. The van der Waals surface area contributed by atoms with Crippen LogP contribution in [0.5, 0.6) is 0 Å². The standard InChI is InChI=1S/C14H16N2.C12H27N3.C9H14N2.C8H19N3O.C7H16N2.C6H14N2O.C6H16N2O.C6H14N2.C6H12N2/c15-11-12-16(13-7-3-1-4-8-13)14-9-5-2-6-10-14;1-14(2)10-9-13-11-7-5-6-8-12(11)15(3)4;1-11(8-7-10)9-5-3-2-4-6-9;1-8(12)11(3)7-6-10(2)5-4-9;8-4-7-9-5-2-1-3-6-9;7-1-2-8-3-5-9-6-4-8;1-8(4-3-7)5-6-9-2;7-3-6-8-4-1-2-5-8;1-3-5-8(2)6-4-7/h1-10H,11-12,15H2;11-13H,5-10H2,1-4H3;2-6H,7-8,10H2,1H3;4-7,9H2,1-3H3;1-8H2;1-7H2;3-7H2,1-2H3;1-7H2;1H,4-7H2,2H3. The van der Waals surface area contributed by atoms with Gasteiger partial charge in [0.15, 0.2) is 0 Å². The minimum atomic E-state index is 0.108. The van der Waals surface area contributed by atoms with Gasteiger partial charge in [-0.2, -0.15) is 0 Å². The molecule has 562 valence electrons. The van der Waals surface area contributed by atoms with E-state index in [9.17, 15) is 4.79 Å². The summed E-state index contributed by atoms with van der Waals surface area (Å²) in [5.74, 6) is 2.63. The van der Waals surface area contributed by atoms with E-state index in [-0.39, 0.29) is 5.91 Å². The van der Waals surface area contributed by atoms with E-state index in [0.29, 0.717) is 38.8 Å². The van der Waals surface area contributed by atoms with E-state index in [1.54, 1.807) is 26.0 Å². The monoisotopic (exact) mass is 1370 g/mol. The van der Waals surface area contributed by atoms with Crippen LogP contribution < -0.4 is 61.0 Å². The molecule has 2 unspecified atom stereocenters. The van der Waals surface area contributed by atoms with Crippen LogP contribution in [0.25, 0.3) is 0 Å². The van der Waals surface area contributed by atoms with E-state index in [1.807, 2.05) is 87.7 Å². The molecule has 3 aromatic carbocycles. The number of anilines is 3. The number of rotatable bonds is 31. The number of carbonyl (C=O) groups is 1. The number of hydrogen-bond acceptors (Lipinski definition) is 22. The number of nitrogens with zero attached hydrogens (tertiary/aromatic N) is 11. The summed E-state index contributed by atoms with van der Waals surface area (Å²) in [4.78, 5) is 34.9. The van der Waals surface area contributed by atoms with Gasteiger partial charge in [0.2, 0.25) is 5.91 Å². The molecule has 0 spiro atoms. The van der Waals surface area contributed by atoms with E-state index in [2.05, 4.69) is 120 Å². The Kier molecular flexibility index (Phi) is 65.7. The molecule has 4 fully saturated rings. The molecule has 0 radical (unpaired) electrons. The fourth-order valence-corrected chi connectivity index (χ4v) is 10.6. The SMILES string of the molecule is C#CCN(C)CCN.CC(=O)N(C)CCN(C)CCN.CN(C)CCNC1CCCCC1N(C)C.CN(CCN)c1ccccc1.COCCN(C)CCN.NCCN(c1ccccc1)c1ccccc1.NCCN1CCCC1.NCCN1CCCCC1.NCCN1CCOCC1. The molecule has 23 nitrogen and oxygen atoms in total. The number of terminal acetylenes is 1. The normalized spacial score (nSPS) is 16.0. The lowest BCUT2D eigenvalue weighted by Crippen LogP contribution is -2.50. The molecule has 3 aliphatic heterocycles. The quantitative estimate of drug-likeness (QED) is 0.0419. The highest BCUT2D eigenvalue weighted by atomic mass is 16.5. The average molecular weight is 1370 g/mol. The predicted octanol–water partition coefficient (Wildman–Crippen LogP) is 3.01. The van der Waals surface area contributed by atoms with Gasteiger partial charge in [-0.25, -0.2) is 0 Å². The number of amides is 1. The Hall–Kier alpha value is -4.47. The van der Waals surface area contributed by atoms with Crippen LogP contribution in [0.2, 0.25) is 0 Å². The van der Waals surface area contributed by atoms with Gasteiger partial charge < -0.3 is 105 Å². The summed E-state index contributed by atoms with van der Waals surface area (Å²) in [6, 6.07) is 32.3. The Balaban J connectivity index is 0. The predicted molar refractivity (Wildman–Crippen MR) is 418 cm³/mol. The maximum atomic E-state index is 10.8. The number of likely N-dealkylation sites (N-methyl/N-ethyl adjacent to an activating group) is 7. The summed E-state index contributed by atoms with van der Waals surface area (Å²) < 4.78 is 10.0. The van der Waals surface area contributed by atoms with Crippen LogP contribution in [0.1, 0.15) is 64.7 Å². The summed E-state index contributed by atoms with van der Waals surface area (Å²) in [7, 11) is 20.2. The maximum absolute atomic E-state index is 10.8. The summed E-state index contributed by atoms with van der Waals surface area (Å²) >= 11 is 0. The molecule has 2 atom stereocenters. The third-order valence-corrected chi connectivity index (χ3v) is 16.5. The van der Waals surface area contributed by atoms with Gasteiger partial charge in [0.1, 0.15) is 0 Å². The van der Waals surface area contributed by atoms with Crippen molar-refractivity contribution in [1.29, 1.82) is 0 Å². The molecule has 3 aromatic rings. The van der Waals surface area contributed by atoms with E-state index in [0.717, 1.165) is 150 Å². The van der Waals surface area contributed by atoms with Gasteiger partial charge in [0.05, 0.1) is 26.4 Å². The Morgan fingerprint density at radius 3 is 1.34 bits per heavy atom. The van der Waals surface area contributed by atoms with Crippen molar-refractivity contribution in [2.24, 2.45) is 45.9 Å². The summed E-state index contributed by atoms with van der Waals surface area (Å²) in [5, 5.41) is 3.70. The zero-order valence-corrected chi connectivity index (χ0v) is 63.4. The van der Waals surface area contributed by atoms with Crippen molar-refractivity contribution < 1.29 is 14.3 Å². The molecule has 0 bridgehead atoms. The Morgan fingerprint density at radius 2 is 0.928 bits per heavy atom. The summed E-state index contributed by atoms with van der Waals surface area (Å²) in [5.41, 5.74) is 46.8. The van der Waals surface area contributed by atoms with Crippen molar-refractivity contribution in [1.82, 2.24) is 49.4 Å². The van der Waals surface area contributed by atoms with Gasteiger partial charge in [-0.15, -0.1) is 6.42 Å². The van der Waals surface area contributed by atoms with Gasteiger partial charge in [0, 0.05) is 208 Å². The molecule has 3 heterocycles. The van der Waals surface area contributed by atoms with E-state index in [1.165, 1.54) is 101 Å². The van der Waals surface area contributed by atoms with E-state index in [4.69, 9.17) is 61.8 Å². The van der Waals surface area contributed by atoms with Crippen LogP contribution in [-0.2, 0) is 14.3 Å². The fraction of sp³-hybridized carbons (Fsp3) is 0.716. The minimum Gasteiger partial charge on any atom is -0.383 e. The first-order chi connectivity index (χ1) is 46.9. The Bertz CT molecular complexity index is 2080. The largest absolute Gasteiger partial charge is 0.383 e. The molecule has 17 N–H and O–H groups in total. The number of piperidine rings is 1. The van der Waals surface area contributed by atoms with E-state index >= 15 is 0 Å². The summed E-state index contributed by atoms with van der Waals surface area (Å²) in [6.07, 6.45) is 17.4. The van der Waals surface area contributed by atoms with Gasteiger partial charge in [-0.3, -0.25) is 14.6 Å². The van der Waals surface area contributed by atoms with Crippen molar-refractivity contribution in [3.05, 3.63) is 91.0 Å². The number of nitrogens with two attached hydrogens (primary N) is 8. The maximum Gasteiger partial charge on any atom is 0.219 e. The zero-order chi connectivity index (χ0) is 72.5. The number of para-hydroxylation sites is 3. The van der Waals surface area contributed by atoms with Crippen molar-refractivity contribution in [2.75, 3.05) is 283 Å². The van der Waals surface area contributed by atoms with Crippen LogP contribution >= 0.6 is 0 Å². The lowest BCUT2D eigenvalue weighted by molar-refractivity contribution is -0.127. The molecule has 3 saturated heterocycles. The second-order valence-corrected chi connectivity index (χ2v) is 25.5.